The molecule has 3 N–H and O–H groups in total. The van der Waals surface area contributed by atoms with E-state index in [2.05, 4.69) is 43.7 Å². The van der Waals surface area contributed by atoms with Crippen LogP contribution in [0.4, 0.5) is 17.6 Å². The van der Waals surface area contributed by atoms with E-state index in [0.717, 1.165) is 30.4 Å². The number of fused-ring (bicyclic) bond motifs is 1. The fraction of sp³-hybridized carbons (Fsp3) is 0.421. The van der Waals surface area contributed by atoms with E-state index in [0.29, 0.717) is 30.2 Å². The number of primary amides is 1. The molecule has 4 rings (SSSR count). The second-order valence-corrected chi connectivity index (χ2v) is 7.36. The number of rotatable bonds is 5. The number of anilines is 3. The Hall–Kier alpha value is -3.23. The van der Waals surface area contributed by atoms with Gasteiger partial charge in [-0.05, 0) is 32.8 Å². The van der Waals surface area contributed by atoms with Crippen LogP contribution < -0.4 is 16.0 Å². The number of nitrogens with one attached hydrogen (secondary N) is 1. The Kier molecular flexibility index (Phi) is 4.81. The first-order valence-electron chi connectivity index (χ1n) is 9.48. The van der Waals surface area contributed by atoms with E-state index in [9.17, 15) is 4.79 Å². The van der Waals surface area contributed by atoms with Crippen LogP contribution in [-0.2, 0) is 4.79 Å². The molecule has 1 amide bonds. The minimum atomic E-state index is -0.266. The van der Waals surface area contributed by atoms with Gasteiger partial charge in [0.25, 0.3) is 0 Å². The lowest BCUT2D eigenvalue weighted by Crippen LogP contribution is -2.41. The lowest BCUT2D eigenvalue weighted by Gasteiger charge is -2.31. The summed E-state index contributed by atoms with van der Waals surface area (Å²) in [6.45, 7) is 5.59. The summed E-state index contributed by atoms with van der Waals surface area (Å²) >= 11 is 0. The van der Waals surface area contributed by atoms with Crippen molar-refractivity contribution in [2.45, 2.75) is 32.7 Å². The van der Waals surface area contributed by atoms with Gasteiger partial charge in [0.15, 0.2) is 0 Å². The highest BCUT2D eigenvalue weighted by Gasteiger charge is 2.25. The van der Waals surface area contributed by atoms with Crippen LogP contribution in [0.5, 0.6) is 0 Å². The predicted molar refractivity (Wildman–Crippen MR) is 107 cm³/mol. The number of piperidine rings is 1. The van der Waals surface area contributed by atoms with E-state index in [-0.39, 0.29) is 11.8 Å². The van der Waals surface area contributed by atoms with Crippen LogP contribution in [0.25, 0.3) is 11.0 Å². The molecule has 0 aromatic carbocycles. The van der Waals surface area contributed by atoms with E-state index < -0.39 is 0 Å². The Bertz CT molecular complexity index is 999. The van der Waals surface area contributed by atoms with Gasteiger partial charge in [0.1, 0.15) is 17.2 Å². The van der Waals surface area contributed by atoms with Crippen molar-refractivity contribution in [3.05, 3.63) is 30.9 Å². The van der Waals surface area contributed by atoms with E-state index in [4.69, 9.17) is 5.73 Å². The molecule has 1 unspecified atom stereocenters. The second-order valence-electron chi connectivity index (χ2n) is 7.36. The number of aromatic nitrogens is 5. The van der Waals surface area contributed by atoms with Crippen molar-refractivity contribution in [1.82, 2.24) is 24.5 Å². The maximum absolute atomic E-state index is 11.5. The van der Waals surface area contributed by atoms with Crippen LogP contribution >= 0.6 is 0 Å². The normalized spacial score (nSPS) is 17.2. The minimum absolute atomic E-state index is 0.158. The third-order valence-corrected chi connectivity index (χ3v) is 5.02. The quantitative estimate of drug-likeness (QED) is 0.697. The molecule has 1 aliphatic heterocycles. The Morgan fingerprint density at radius 1 is 1.29 bits per heavy atom. The first-order valence-corrected chi connectivity index (χ1v) is 9.48. The zero-order valence-electron chi connectivity index (χ0n) is 16.0. The summed E-state index contributed by atoms with van der Waals surface area (Å²) in [7, 11) is 0. The van der Waals surface area contributed by atoms with Gasteiger partial charge in [-0.3, -0.25) is 4.79 Å². The molecule has 0 bridgehead atoms. The average Bonchev–Trinajstić information content (AvgIpc) is 3.12. The van der Waals surface area contributed by atoms with Crippen molar-refractivity contribution in [2.24, 2.45) is 11.7 Å². The number of imidazole rings is 1. The van der Waals surface area contributed by atoms with Gasteiger partial charge < -0.3 is 20.5 Å². The molecule has 3 aromatic heterocycles. The van der Waals surface area contributed by atoms with Gasteiger partial charge in [-0.15, -0.1) is 0 Å². The van der Waals surface area contributed by atoms with Crippen LogP contribution in [0.2, 0.25) is 0 Å². The summed E-state index contributed by atoms with van der Waals surface area (Å²) in [5.74, 6) is 1.50. The van der Waals surface area contributed by atoms with Crippen LogP contribution in [0.3, 0.4) is 0 Å². The Morgan fingerprint density at radius 2 is 2.14 bits per heavy atom. The standard InChI is InChI=1S/C19H24N8O/c1-12(2)27-11-23-14-9-22-17(8-15(14)27)24-16-5-6-21-19(25-16)26-7-3-4-13(10-26)18(20)28/h5-6,8-9,11-13H,3-4,7,10H2,1-2H3,(H2,20,28)(H,21,22,24,25). The van der Waals surface area contributed by atoms with Gasteiger partial charge in [0, 0.05) is 31.4 Å². The van der Waals surface area contributed by atoms with Gasteiger partial charge in [0.2, 0.25) is 11.9 Å². The number of pyridine rings is 1. The van der Waals surface area contributed by atoms with Crippen molar-refractivity contribution in [3.63, 3.8) is 0 Å². The zero-order chi connectivity index (χ0) is 19.7. The molecule has 28 heavy (non-hydrogen) atoms. The average molecular weight is 380 g/mol. The van der Waals surface area contributed by atoms with Crippen molar-refractivity contribution in [1.29, 1.82) is 0 Å². The number of hydrogen-bond donors (Lipinski definition) is 2. The van der Waals surface area contributed by atoms with Gasteiger partial charge in [-0.1, -0.05) is 0 Å². The number of carbonyl (C=O) groups is 1. The molecular formula is C19H24N8O. The van der Waals surface area contributed by atoms with Gasteiger partial charge in [0.05, 0.1) is 24.0 Å². The fourth-order valence-electron chi connectivity index (χ4n) is 3.50. The number of amides is 1. The minimum Gasteiger partial charge on any atom is -0.369 e. The number of nitrogens with zero attached hydrogens (tertiary/aromatic N) is 6. The maximum Gasteiger partial charge on any atom is 0.227 e. The molecule has 1 atom stereocenters. The van der Waals surface area contributed by atoms with Crippen LogP contribution in [0.1, 0.15) is 32.7 Å². The summed E-state index contributed by atoms with van der Waals surface area (Å²) in [5.41, 5.74) is 7.35. The largest absolute Gasteiger partial charge is 0.369 e. The molecule has 0 spiro atoms. The third-order valence-electron chi connectivity index (χ3n) is 5.02. The SMILES string of the molecule is CC(C)n1cnc2cnc(Nc3ccnc(N4CCCC(C(N)=O)C4)n3)cc21. The molecular weight excluding hydrogens is 356 g/mol. The van der Waals surface area contributed by atoms with Crippen LogP contribution in [0, 0.1) is 5.92 Å². The van der Waals surface area contributed by atoms with Crippen molar-refractivity contribution < 1.29 is 4.79 Å². The lowest BCUT2D eigenvalue weighted by atomic mass is 9.98. The molecule has 9 nitrogen and oxygen atoms in total. The zero-order valence-corrected chi connectivity index (χ0v) is 16.0. The smallest absolute Gasteiger partial charge is 0.227 e. The van der Waals surface area contributed by atoms with Crippen molar-refractivity contribution in [3.8, 4) is 0 Å². The molecule has 0 saturated carbocycles. The van der Waals surface area contributed by atoms with Gasteiger partial charge in [-0.25, -0.2) is 15.0 Å². The number of carbonyl (C=O) groups excluding carboxylic acids is 1. The summed E-state index contributed by atoms with van der Waals surface area (Å²) < 4.78 is 2.10. The Balaban J connectivity index is 1.56. The lowest BCUT2D eigenvalue weighted by molar-refractivity contribution is -0.122. The van der Waals surface area contributed by atoms with Crippen LogP contribution in [-0.4, -0.2) is 43.5 Å². The molecule has 4 heterocycles. The summed E-state index contributed by atoms with van der Waals surface area (Å²) in [5, 5.41) is 3.24. The second kappa shape index (κ2) is 7.41. The molecule has 1 aliphatic rings. The van der Waals surface area contributed by atoms with Crippen molar-refractivity contribution in [2.75, 3.05) is 23.3 Å². The van der Waals surface area contributed by atoms with Crippen molar-refractivity contribution >= 4 is 34.5 Å². The highest BCUT2D eigenvalue weighted by atomic mass is 16.1. The maximum atomic E-state index is 11.5. The first-order chi connectivity index (χ1) is 13.5. The molecule has 0 aliphatic carbocycles. The molecule has 0 radical (unpaired) electrons. The van der Waals surface area contributed by atoms with E-state index in [1.54, 1.807) is 18.5 Å². The first kappa shape index (κ1) is 18.1. The monoisotopic (exact) mass is 380 g/mol. The summed E-state index contributed by atoms with van der Waals surface area (Å²) in [6.07, 6.45) is 6.99. The summed E-state index contributed by atoms with van der Waals surface area (Å²) in [4.78, 5) is 31.3. The third kappa shape index (κ3) is 3.60. The highest BCUT2D eigenvalue weighted by molar-refractivity contribution is 5.78. The molecule has 9 heteroatoms. The highest BCUT2D eigenvalue weighted by Crippen LogP contribution is 2.23. The van der Waals surface area contributed by atoms with Gasteiger partial charge in [-0.2, -0.15) is 4.98 Å². The molecule has 146 valence electrons. The Labute approximate surface area is 163 Å². The number of hydrogen-bond acceptors (Lipinski definition) is 7. The molecule has 1 saturated heterocycles. The Morgan fingerprint density at radius 3 is 2.93 bits per heavy atom. The van der Waals surface area contributed by atoms with E-state index >= 15 is 0 Å². The molecule has 3 aromatic rings. The fourth-order valence-corrected chi connectivity index (χ4v) is 3.50. The topological polar surface area (TPSA) is 115 Å². The number of nitrogens with two attached hydrogens (primary N) is 1. The van der Waals surface area contributed by atoms with Crippen LogP contribution in [0.15, 0.2) is 30.9 Å². The summed E-state index contributed by atoms with van der Waals surface area (Å²) in [6, 6.07) is 4.07. The van der Waals surface area contributed by atoms with E-state index in [1.807, 2.05) is 17.3 Å². The van der Waals surface area contributed by atoms with E-state index in [1.165, 1.54) is 0 Å². The molecule has 1 fully saturated rings. The predicted octanol–water partition coefficient (Wildman–Crippen LogP) is 2.25. The van der Waals surface area contributed by atoms with Gasteiger partial charge >= 0.3 is 0 Å².